The van der Waals surface area contributed by atoms with Gasteiger partial charge in [-0.3, -0.25) is 9.69 Å². The predicted octanol–water partition coefficient (Wildman–Crippen LogP) is 3.91. The summed E-state index contributed by atoms with van der Waals surface area (Å²) in [5.41, 5.74) is 8.02. The molecule has 0 radical (unpaired) electrons. The second-order valence-electron chi connectivity index (χ2n) is 7.83. The Morgan fingerprint density at radius 2 is 1.97 bits per heavy atom. The Labute approximate surface area is 187 Å². The third-order valence-corrected chi connectivity index (χ3v) is 6.68. The van der Waals surface area contributed by atoms with Crippen molar-refractivity contribution >= 4 is 33.0 Å². The Morgan fingerprint density at radius 1 is 1.16 bits per heavy atom. The number of fused-ring (bicyclic) bond motifs is 1. The van der Waals surface area contributed by atoms with Gasteiger partial charge >= 0.3 is 0 Å². The average Bonchev–Trinajstić information content (AvgIpc) is 3.26. The first-order valence-electron chi connectivity index (χ1n) is 10.6. The van der Waals surface area contributed by atoms with E-state index >= 15 is 0 Å². The van der Waals surface area contributed by atoms with Gasteiger partial charge in [-0.25, -0.2) is 0 Å². The van der Waals surface area contributed by atoms with Gasteiger partial charge in [0.25, 0.3) is 0 Å². The zero-order chi connectivity index (χ0) is 21.8. The summed E-state index contributed by atoms with van der Waals surface area (Å²) in [4.78, 5) is 16.4. The average molecular weight is 440 g/mol. The van der Waals surface area contributed by atoms with Crippen molar-refractivity contribution in [3.8, 4) is 11.5 Å². The monoisotopic (exact) mass is 439 g/mol. The van der Waals surface area contributed by atoms with Crippen molar-refractivity contribution < 1.29 is 14.3 Å². The molecule has 2 aromatic carbocycles. The smallest absolute Gasteiger partial charge is 0.248 e. The fourth-order valence-corrected chi connectivity index (χ4v) is 4.96. The van der Waals surface area contributed by atoms with Crippen LogP contribution in [0.25, 0.3) is 10.1 Å². The molecule has 0 spiro atoms. The van der Waals surface area contributed by atoms with E-state index < -0.39 is 5.91 Å². The van der Waals surface area contributed by atoms with E-state index in [1.165, 1.54) is 15.8 Å². The van der Waals surface area contributed by atoms with Gasteiger partial charge in [-0.15, -0.1) is 11.3 Å². The second kappa shape index (κ2) is 9.58. The number of piperazine rings is 1. The summed E-state index contributed by atoms with van der Waals surface area (Å²) in [6.07, 6.45) is 0.931. The lowest BCUT2D eigenvalue weighted by molar-refractivity contribution is 0.0999. The first-order valence-corrected chi connectivity index (χ1v) is 11.5. The molecule has 2 N–H and O–H groups in total. The number of nitrogens with two attached hydrogens (primary N) is 1. The molecular weight excluding hydrogens is 410 g/mol. The number of nitrogens with zero attached hydrogens (tertiary/aromatic N) is 2. The fraction of sp³-hybridized carbons (Fsp3) is 0.375. The van der Waals surface area contributed by atoms with Crippen molar-refractivity contribution in [2.75, 3.05) is 51.3 Å². The molecule has 1 aliphatic rings. The number of amides is 1. The number of thiophene rings is 1. The lowest BCUT2D eigenvalue weighted by Gasteiger charge is -2.36. The summed E-state index contributed by atoms with van der Waals surface area (Å²) in [5.74, 6) is 0.758. The quantitative estimate of drug-likeness (QED) is 0.539. The van der Waals surface area contributed by atoms with Gasteiger partial charge < -0.3 is 20.1 Å². The van der Waals surface area contributed by atoms with E-state index in [4.69, 9.17) is 15.2 Å². The molecule has 0 aliphatic carbocycles. The molecule has 0 unspecified atom stereocenters. The molecule has 2 heterocycles. The number of aryl methyl sites for hydroxylation is 1. The van der Waals surface area contributed by atoms with E-state index in [0.717, 1.165) is 44.7 Å². The summed E-state index contributed by atoms with van der Waals surface area (Å²) < 4.78 is 12.7. The number of rotatable bonds is 8. The van der Waals surface area contributed by atoms with Crippen molar-refractivity contribution in [1.29, 1.82) is 0 Å². The van der Waals surface area contributed by atoms with E-state index in [9.17, 15) is 4.79 Å². The predicted molar refractivity (Wildman–Crippen MR) is 127 cm³/mol. The van der Waals surface area contributed by atoms with Crippen LogP contribution in [0.5, 0.6) is 11.5 Å². The molecule has 3 aromatic rings. The summed E-state index contributed by atoms with van der Waals surface area (Å²) in [6, 6.07) is 12.2. The van der Waals surface area contributed by atoms with Crippen molar-refractivity contribution in [3.05, 3.63) is 52.9 Å². The largest absolute Gasteiger partial charge is 0.493 e. The number of hydrogen-bond donors (Lipinski definition) is 1. The summed E-state index contributed by atoms with van der Waals surface area (Å²) in [5, 5.41) is 3.53. The molecule has 1 aromatic heterocycles. The van der Waals surface area contributed by atoms with Crippen LogP contribution in [0.15, 0.2) is 41.8 Å². The SMILES string of the molecule is COc1cc(C(N)=O)cc(C)c1OCCCN1CCN(c2cccc3sccc23)CC1. The number of primary amides is 1. The molecule has 164 valence electrons. The minimum Gasteiger partial charge on any atom is -0.493 e. The third-order valence-electron chi connectivity index (χ3n) is 5.80. The van der Waals surface area contributed by atoms with Crippen LogP contribution in [0.4, 0.5) is 5.69 Å². The number of ether oxygens (including phenoxy) is 2. The second-order valence-corrected chi connectivity index (χ2v) is 8.78. The molecule has 6 nitrogen and oxygen atoms in total. The summed E-state index contributed by atoms with van der Waals surface area (Å²) in [6.45, 7) is 7.68. The molecule has 1 amide bonds. The number of carbonyl (C=O) groups is 1. The molecule has 1 aliphatic heterocycles. The molecule has 7 heteroatoms. The van der Waals surface area contributed by atoms with E-state index in [1.54, 1.807) is 30.6 Å². The van der Waals surface area contributed by atoms with Crippen LogP contribution < -0.4 is 20.1 Å². The minimum absolute atomic E-state index is 0.428. The number of carbonyl (C=O) groups excluding carboxylic acids is 1. The van der Waals surface area contributed by atoms with Gasteiger partial charge in [0, 0.05) is 54.1 Å². The fourth-order valence-electron chi connectivity index (χ4n) is 4.15. The van der Waals surface area contributed by atoms with Crippen LogP contribution in [0.1, 0.15) is 22.3 Å². The van der Waals surface area contributed by atoms with E-state index in [1.807, 2.05) is 6.92 Å². The van der Waals surface area contributed by atoms with Gasteiger partial charge in [-0.05, 0) is 54.6 Å². The lowest BCUT2D eigenvalue weighted by atomic mass is 10.1. The summed E-state index contributed by atoms with van der Waals surface area (Å²) >= 11 is 1.80. The Hall–Kier alpha value is -2.77. The highest BCUT2D eigenvalue weighted by molar-refractivity contribution is 7.17. The van der Waals surface area contributed by atoms with Gasteiger partial charge in [0.15, 0.2) is 11.5 Å². The normalized spacial score (nSPS) is 14.7. The zero-order valence-electron chi connectivity index (χ0n) is 18.1. The molecule has 0 atom stereocenters. The number of hydrogen-bond acceptors (Lipinski definition) is 6. The van der Waals surface area contributed by atoms with Gasteiger partial charge in [-0.2, -0.15) is 0 Å². The number of anilines is 1. The number of methoxy groups -OCH3 is 1. The first kappa shape index (κ1) is 21.5. The van der Waals surface area contributed by atoms with Crippen LogP contribution in [-0.4, -0.2) is 57.2 Å². The zero-order valence-corrected chi connectivity index (χ0v) is 18.9. The Morgan fingerprint density at radius 3 is 2.71 bits per heavy atom. The maximum Gasteiger partial charge on any atom is 0.248 e. The highest BCUT2D eigenvalue weighted by atomic mass is 32.1. The molecule has 31 heavy (non-hydrogen) atoms. The lowest BCUT2D eigenvalue weighted by Crippen LogP contribution is -2.46. The first-order chi connectivity index (χ1) is 15.1. The molecular formula is C24H29N3O3S. The van der Waals surface area contributed by atoms with E-state index in [-0.39, 0.29) is 0 Å². The standard InChI is InChI=1S/C24H29N3O3S/c1-17-15-18(24(25)28)16-21(29-2)23(17)30-13-4-8-26-9-11-27(12-10-26)20-5-3-6-22-19(20)7-14-31-22/h3,5-7,14-16H,4,8-13H2,1-2H3,(H2,25,28). The van der Waals surface area contributed by atoms with Gasteiger partial charge in [0.2, 0.25) is 5.91 Å². The number of benzene rings is 2. The van der Waals surface area contributed by atoms with Crippen LogP contribution >= 0.6 is 11.3 Å². The molecule has 1 fully saturated rings. The van der Waals surface area contributed by atoms with Crippen LogP contribution in [0.3, 0.4) is 0 Å². The Kier molecular flexibility index (Phi) is 6.63. The van der Waals surface area contributed by atoms with Crippen molar-refractivity contribution in [2.24, 2.45) is 5.73 Å². The van der Waals surface area contributed by atoms with E-state index in [2.05, 4.69) is 39.4 Å². The molecule has 0 saturated carbocycles. The highest BCUT2D eigenvalue weighted by Crippen LogP contribution is 2.33. The van der Waals surface area contributed by atoms with Crippen LogP contribution in [-0.2, 0) is 0 Å². The third kappa shape index (κ3) is 4.78. The van der Waals surface area contributed by atoms with Gasteiger partial charge in [-0.1, -0.05) is 6.07 Å². The maximum atomic E-state index is 11.4. The minimum atomic E-state index is -0.470. The van der Waals surface area contributed by atoms with Crippen molar-refractivity contribution in [2.45, 2.75) is 13.3 Å². The molecule has 0 bridgehead atoms. The Balaban J connectivity index is 1.26. The summed E-state index contributed by atoms with van der Waals surface area (Å²) in [7, 11) is 1.57. The van der Waals surface area contributed by atoms with Crippen LogP contribution in [0.2, 0.25) is 0 Å². The highest BCUT2D eigenvalue weighted by Gasteiger charge is 2.19. The molecule has 1 saturated heterocycles. The topological polar surface area (TPSA) is 68.0 Å². The Bertz CT molecular complexity index is 1060. The maximum absolute atomic E-state index is 11.4. The van der Waals surface area contributed by atoms with Gasteiger partial charge in [0.05, 0.1) is 13.7 Å². The van der Waals surface area contributed by atoms with Crippen molar-refractivity contribution in [3.63, 3.8) is 0 Å². The van der Waals surface area contributed by atoms with Crippen LogP contribution in [0, 0.1) is 6.92 Å². The molecule has 4 rings (SSSR count). The van der Waals surface area contributed by atoms with Crippen molar-refractivity contribution in [1.82, 2.24) is 4.90 Å². The van der Waals surface area contributed by atoms with Gasteiger partial charge in [0.1, 0.15) is 0 Å². The van der Waals surface area contributed by atoms with E-state index in [0.29, 0.717) is 23.7 Å².